The van der Waals surface area contributed by atoms with Crippen LogP contribution in [-0.4, -0.2) is 44.4 Å². The summed E-state index contributed by atoms with van der Waals surface area (Å²) >= 11 is 5.69. The predicted octanol–water partition coefficient (Wildman–Crippen LogP) is 1.68. The quantitative estimate of drug-likeness (QED) is 0.448. The fourth-order valence-electron chi connectivity index (χ4n) is 1.33. The van der Waals surface area contributed by atoms with Gasteiger partial charge >= 0.3 is 6.18 Å². The Labute approximate surface area is 130 Å². The largest absolute Gasteiger partial charge is 0.475 e. The van der Waals surface area contributed by atoms with Crippen LogP contribution in [0.2, 0.25) is 5.02 Å². The van der Waals surface area contributed by atoms with Gasteiger partial charge in [0.25, 0.3) is 0 Å². The minimum atomic E-state index is -4.50. The SMILES string of the molecule is COCCN=C(N)NCCOc1ncc(C(F)(F)F)cc1Cl. The zero-order valence-corrected chi connectivity index (χ0v) is 12.5. The monoisotopic (exact) mass is 340 g/mol. The molecular weight excluding hydrogens is 325 g/mol. The molecule has 0 bridgehead atoms. The van der Waals surface area contributed by atoms with Gasteiger partial charge in [-0.2, -0.15) is 13.2 Å². The Kier molecular flexibility index (Phi) is 7.19. The first-order chi connectivity index (χ1) is 10.3. The van der Waals surface area contributed by atoms with Gasteiger partial charge in [-0.1, -0.05) is 11.6 Å². The molecule has 0 aromatic carbocycles. The molecule has 0 unspecified atom stereocenters. The Morgan fingerprint density at radius 1 is 1.45 bits per heavy atom. The maximum absolute atomic E-state index is 12.4. The first-order valence-electron chi connectivity index (χ1n) is 6.23. The van der Waals surface area contributed by atoms with E-state index >= 15 is 0 Å². The van der Waals surface area contributed by atoms with Crippen LogP contribution in [0.5, 0.6) is 5.88 Å². The highest BCUT2D eigenvalue weighted by Crippen LogP contribution is 2.32. The molecule has 1 aromatic heterocycles. The molecule has 1 heterocycles. The van der Waals surface area contributed by atoms with E-state index in [4.69, 9.17) is 26.8 Å². The molecule has 0 radical (unpaired) electrons. The van der Waals surface area contributed by atoms with Crippen molar-refractivity contribution in [1.82, 2.24) is 10.3 Å². The summed E-state index contributed by atoms with van der Waals surface area (Å²) in [6.07, 6.45) is -3.83. The number of hydrogen-bond acceptors (Lipinski definition) is 4. The van der Waals surface area contributed by atoms with Gasteiger partial charge < -0.3 is 20.5 Å². The van der Waals surface area contributed by atoms with E-state index in [0.717, 1.165) is 6.07 Å². The average molecular weight is 341 g/mol. The van der Waals surface area contributed by atoms with Crippen LogP contribution in [0.1, 0.15) is 5.56 Å². The predicted molar refractivity (Wildman–Crippen MR) is 76.1 cm³/mol. The fraction of sp³-hybridized carbons (Fsp3) is 0.500. The number of guanidine groups is 1. The van der Waals surface area contributed by atoms with Crippen LogP contribution in [0.15, 0.2) is 17.3 Å². The number of nitrogens with one attached hydrogen (secondary N) is 1. The summed E-state index contributed by atoms with van der Waals surface area (Å²) in [6.45, 7) is 1.27. The molecule has 0 atom stereocenters. The van der Waals surface area contributed by atoms with Crippen LogP contribution in [0.3, 0.4) is 0 Å². The molecule has 10 heteroatoms. The minimum absolute atomic E-state index is 0.0774. The molecule has 0 spiro atoms. The Morgan fingerprint density at radius 2 is 2.18 bits per heavy atom. The summed E-state index contributed by atoms with van der Waals surface area (Å²) in [6, 6.07) is 0.762. The molecule has 0 aliphatic rings. The first kappa shape index (κ1) is 18.3. The van der Waals surface area contributed by atoms with Crippen molar-refractivity contribution < 1.29 is 22.6 Å². The highest BCUT2D eigenvalue weighted by Gasteiger charge is 2.31. The lowest BCUT2D eigenvalue weighted by molar-refractivity contribution is -0.137. The van der Waals surface area contributed by atoms with Crippen molar-refractivity contribution in [2.24, 2.45) is 10.7 Å². The zero-order valence-electron chi connectivity index (χ0n) is 11.8. The van der Waals surface area contributed by atoms with Crippen LogP contribution in [0.25, 0.3) is 0 Å². The van der Waals surface area contributed by atoms with Crippen molar-refractivity contribution >= 4 is 17.6 Å². The minimum Gasteiger partial charge on any atom is -0.475 e. The number of nitrogens with two attached hydrogens (primary N) is 1. The summed E-state index contributed by atoms with van der Waals surface area (Å²) in [7, 11) is 1.55. The van der Waals surface area contributed by atoms with Crippen LogP contribution in [0, 0.1) is 0 Å². The van der Waals surface area contributed by atoms with Crippen LogP contribution in [-0.2, 0) is 10.9 Å². The highest BCUT2D eigenvalue weighted by molar-refractivity contribution is 6.31. The van der Waals surface area contributed by atoms with Gasteiger partial charge in [0.15, 0.2) is 5.96 Å². The van der Waals surface area contributed by atoms with Crippen LogP contribution < -0.4 is 15.8 Å². The van der Waals surface area contributed by atoms with Crippen LogP contribution in [0.4, 0.5) is 13.2 Å². The van der Waals surface area contributed by atoms with E-state index < -0.39 is 11.7 Å². The number of ether oxygens (including phenoxy) is 2. The molecule has 3 N–H and O–H groups in total. The van der Waals surface area contributed by atoms with Crippen molar-refractivity contribution in [3.05, 3.63) is 22.8 Å². The summed E-state index contributed by atoms with van der Waals surface area (Å²) in [4.78, 5) is 7.49. The number of hydrogen-bond donors (Lipinski definition) is 2. The molecule has 0 aliphatic carbocycles. The number of halogens is 4. The molecular formula is C12H16ClF3N4O2. The van der Waals surface area contributed by atoms with Crippen molar-refractivity contribution in [2.45, 2.75) is 6.18 Å². The summed E-state index contributed by atoms with van der Waals surface area (Å²) in [5.74, 6) is 0.137. The topological polar surface area (TPSA) is 81.8 Å². The zero-order chi connectivity index (χ0) is 16.6. The number of alkyl halides is 3. The van der Waals surface area contributed by atoms with E-state index in [-0.39, 0.29) is 23.5 Å². The second-order valence-corrected chi connectivity index (χ2v) is 4.45. The highest BCUT2D eigenvalue weighted by atomic mass is 35.5. The summed E-state index contributed by atoms with van der Waals surface area (Å²) < 4.78 is 47.3. The van der Waals surface area contributed by atoms with Crippen molar-refractivity contribution in [3.8, 4) is 5.88 Å². The Morgan fingerprint density at radius 3 is 2.77 bits per heavy atom. The standard InChI is InChI=1S/C12H16ClF3N4O2/c1-21-4-2-18-11(17)19-3-5-22-10-9(13)6-8(7-20-10)12(14,15)16/h6-7H,2-5H2,1H3,(H3,17,18,19). The van der Waals surface area contributed by atoms with Gasteiger partial charge in [-0.25, -0.2) is 4.98 Å². The number of rotatable bonds is 7. The van der Waals surface area contributed by atoms with Gasteiger partial charge in [0.1, 0.15) is 11.6 Å². The molecule has 0 amide bonds. The molecule has 0 fully saturated rings. The third-order valence-corrected chi connectivity index (χ3v) is 2.63. The van der Waals surface area contributed by atoms with Crippen molar-refractivity contribution in [2.75, 3.05) is 33.4 Å². The molecule has 124 valence electrons. The van der Waals surface area contributed by atoms with Crippen LogP contribution >= 0.6 is 11.6 Å². The van der Waals surface area contributed by atoms with Gasteiger partial charge in [0.2, 0.25) is 5.88 Å². The van der Waals surface area contributed by atoms with Gasteiger partial charge in [0.05, 0.1) is 25.3 Å². The van der Waals surface area contributed by atoms with Gasteiger partial charge in [-0.05, 0) is 6.07 Å². The molecule has 0 saturated carbocycles. The molecule has 0 aliphatic heterocycles. The molecule has 6 nitrogen and oxygen atoms in total. The van der Waals surface area contributed by atoms with Gasteiger partial charge in [-0.15, -0.1) is 0 Å². The molecule has 22 heavy (non-hydrogen) atoms. The molecule has 0 saturated heterocycles. The maximum atomic E-state index is 12.4. The van der Waals surface area contributed by atoms with E-state index in [9.17, 15) is 13.2 Å². The smallest absolute Gasteiger partial charge is 0.417 e. The Balaban J connectivity index is 2.41. The third kappa shape index (κ3) is 6.35. The second kappa shape index (κ2) is 8.64. The number of pyridine rings is 1. The van der Waals surface area contributed by atoms with Crippen molar-refractivity contribution in [3.63, 3.8) is 0 Å². The fourth-order valence-corrected chi connectivity index (χ4v) is 1.55. The Hall–Kier alpha value is -1.74. The number of aromatic nitrogens is 1. The Bertz CT molecular complexity index is 512. The second-order valence-electron chi connectivity index (χ2n) is 4.04. The lowest BCUT2D eigenvalue weighted by Crippen LogP contribution is -2.35. The van der Waals surface area contributed by atoms with E-state index in [2.05, 4.69) is 15.3 Å². The van der Waals surface area contributed by atoms with Crippen molar-refractivity contribution in [1.29, 1.82) is 0 Å². The summed E-state index contributed by atoms with van der Waals surface area (Å²) in [5.41, 5.74) is 4.62. The number of aliphatic imine (C=N–C) groups is 1. The average Bonchev–Trinajstić information content (AvgIpc) is 2.44. The first-order valence-corrected chi connectivity index (χ1v) is 6.60. The number of methoxy groups -OCH3 is 1. The molecule has 1 aromatic rings. The lowest BCUT2D eigenvalue weighted by atomic mass is 10.3. The maximum Gasteiger partial charge on any atom is 0.417 e. The van der Waals surface area contributed by atoms with E-state index in [0.29, 0.717) is 25.9 Å². The van der Waals surface area contributed by atoms with E-state index in [1.807, 2.05) is 0 Å². The van der Waals surface area contributed by atoms with Gasteiger partial charge in [-0.3, -0.25) is 4.99 Å². The molecule has 1 rings (SSSR count). The normalized spacial score (nSPS) is 12.3. The third-order valence-electron chi connectivity index (χ3n) is 2.36. The van der Waals surface area contributed by atoms with E-state index in [1.54, 1.807) is 7.11 Å². The lowest BCUT2D eigenvalue weighted by Gasteiger charge is -2.11. The summed E-state index contributed by atoms with van der Waals surface area (Å²) in [5, 5.41) is 2.55. The number of nitrogens with zero attached hydrogens (tertiary/aromatic N) is 2. The van der Waals surface area contributed by atoms with E-state index in [1.165, 1.54) is 0 Å². The van der Waals surface area contributed by atoms with Gasteiger partial charge in [0, 0.05) is 13.3 Å².